The number of imidazole rings is 1. The highest BCUT2D eigenvalue weighted by molar-refractivity contribution is 7.19. The third-order valence-corrected chi connectivity index (χ3v) is 21.9. The minimum Gasteiger partial charge on any atom is -0.458 e. The molecule has 1 aliphatic carbocycles. The summed E-state index contributed by atoms with van der Waals surface area (Å²) in [7, 11) is -6.27. The van der Waals surface area contributed by atoms with Crippen LogP contribution in [0.3, 0.4) is 0 Å². The lowest BCUT2D eigenvalue weighted by molar-refractivity contribution is -0.570. The first kappa shape index (κ1) is 37.5. The predicted molar refractivity (Wildman–Crippen MR) is 371 cm³/mol. The van der Waals surface area contributed by atoms with Crippen LogP contribution in [0.1, 0.15) is 97.6 Å². The van der Waals surface area contributed by atoms with Crippen molar-refractivity contribution in [3.05, 3.63) is 296 Å². The average Bonchev–Trinajstić information content (AvgIpc) is 0.835. The minimum atomic E-state index is -6.27. The van der Waals surface area contributed by atoms with E-state index in [9.17, 15) is 21.9 Å². The Morgan fingerprint density at radius 2 is 1.07 bits per heavy atom. The Morgan fingerprint density at radius 3 is 1.76 bits per heavy atom. The Hall–Kier alpha value is -10.1. The number of hydrogen-bond donors (Lipinski definition) is 0. The van der Waals surface area contributed by atoms with E-state index in [0.717, 1.165) is 67.4 Å². The van der Waals surface area contributed by atoms with Crippen LogP contribution in [0.15, 0.2) is 273 Å². The second kappa shape index (κ2) is 20.5. The second-order valence-corrected chi connectivity index (χ2v) is 28.9. The molecule has 430 valence electrons. The fourth-order valence-electron chi connectivity index (χ4n) is 14.2. The zero-order valence-electron chi connectivity index (χ0n) is 68.9. The van der Waals surface area contributed by atoms with Gasteiger partial charge in [0.25, 0.3) is 6.33 Å². The number of benzene rings is 11. The molecule has 0 bridgehead atoms. The van der Waals surface area contributed by atoms with Crippen LogP contribution in [0.2, 0.25) is 0 Å². The molecular weight excluding hydrogens is 1100 g/mol. The Labute approximate surface area is 549 Å². The molecule has 2 aliphatic rings. The Morgan fingerprint density at radius 1 is 0.506 bits per heavy atom. The van der Waals surface area contributed by atoms with Crippen LogP contribution in [0.5, 0.6) is 11.5 Å². The molecule has 0 fully saturated rings. The molecule has 4 heterocycles. The Bertz CT molecular complexity index is 6080. The highest BCUT2D eigenvalue weighted by Gasteiger charge is 2.44. The topological polar surface area (TPSA) is 35.9 Å². The highest BCUT2D eigenvalue weighted by Crippen LogP contribution is 2.54. The molecule has 11 aromatic carbocycles. The van der Waals surface area contributed by atoms with E-state index >= 15 is 0 Å². The van der Waals surface area contributed by atoms with Crippen molar-refractivity contribution in [3.8, 4) is 73.2 Å². The van der Waals surface area contributed by atoms with Crippen molar-refractivity contribution in [2.75, 3.05) is 0 Å². The van der Waals surface area contributed by atoms with Crippen LogP contribution in [-0.2, 0) is 16.2 Å². The van der Waals surface area contributed by atoms with Crippen LogP contribution < -0.4 is 30.1 Å². The molecule has 5 nitrogen and oxygen atoms in total. The summed E-state index contributed by atoms with van der Waals surface area (Å²) in [5.41, 5.74) is 10.2. The number of nitrogens with zero attached hydrogens (tertiary/aromatic N) is 4. The smallest absolute Gasteiger partial charge is 0.269 e. The van der Waals surface area contributed by atoms with Gasteiger partial charge in [0.2, 0.25) is 0 Å². The van der Waals surface area contributed by atoms with Crippen molar-refractivity contribution in [1.82, 2.24) is 14.1 Å². The van der Waals surface area contributed by atoms with E-state index in [1.165, 1.54) is 0 Å². The van der Waals surface area contributed by atoms with E-state index in [2.05, 4.69) is 95.8 Å². The summed E-state index contributed by atoms with van der Waals surface area (Å²) in [6.07, 6.45) is 6.37. The van der Waals surface area contributed by atoms with Gasteiger partial charge >= 0.3 is 0 Å². The fraction of sp³-hybridized carbons (Fsp3) is 0.133. The standard InChI is InChI=1S/C83H68N4OSi/c1-81(2,3)56-45-46-84-78(48-56)87-75-41-20-19-37-67(75)68-44-43-59(50-77(68)87)88-58-27-22-26-57(49-58)85-54-86-79-64(55-25-21-34-63(47-55)89(60-28-11-8-12-29-60,61-30-13-9-14-31-61)62-32-15-10-16-33-62)38-23-39-70(79)72-52-74-73(82(4,5)53-83(74,6)7)51-71(72)66-36-18-17-35-65(66)69-40-24-42-76(85)80(69)86/h8-52H,53H2,1-7H3/i8D,9D,10D,11D,12D,13D,14D,15D,16D,21D,25D,28D,29D,30D,31D,32D,33D,34D,47D. The molecule has 0 spiro atoms. The number of hydrogen-bond acceptors (Lipinski definition) is 2. The molecule has 1 aliphatic heterocycles. The lowest BCUT2D eigenvalue weighted by atomic mass is 9.81. The summed E-state index contributed by atoms with van der Waals surface area (Å²) in [5.74, 6) is 1.74. The van der Waals surface area contributed by atoms with E-state index in [1.807, 2.05) is 118 Å². The second-order valence-electron chi connectivity index (χ2n) is 25.4. The van der Waals surface area contributed by atoms with Gasteiger partial charge in [0, 0.05) is 23.0 Å². The molecule has 6 heteroatoms. The Balaban J connectivity index is 1.02. The highest BCUT2D eigenvalue weighted by atomic mass is 28.3. The third kappa shape index (κ3) is 8.71. The van der Waals surface area contributed by atoms with Gasteiger partial charge in [0.15, 0.2) is 8.07 Å². The Kier molecular flexibility index (Phi) is 8.64. The first-order valence-corrected chi connectivity index (χ1v) is 31.7. The molecule has 0 saturated carbocycles. The summed E-state index contributed by atoms with van der Waals surface area (Å²) in [6, 6.07) is 29.9. The van der Waals surface area contributed by atoms with Gasteiger partial charge in [-0.15, -0.1) is 0 Å². The third-order valence-electron chi connectivity index (χ3n) is 17.9. The quantitative estimate of drug-likeness (QED) is 0.0625. The van der Waals surface area contributed by atoms with Gasteiger partial charge in [-0.2, -0.15) is 0 Å². The van der Waals surface area contributed by atoms with E-state index in [4.69, 9.17) is 13.8 Å². The molecule has 14 aromatic rings. The zero-order valence-corrected chi connectivity index (χ0v) is 50.9. The minimum absolute atomic E-state index is 0.0145. The first-order chi connectivity index (χ1) is 51.1. The lowest BCUT2D eigenvalue weighted by Crippen LogP contribution is -2.74. The molecule has 0 saturated heterocycles. The van der Waals surface area contributed by atoms with Gasteiger partial charge in [-0.05, 0) is 159 Å². The molecule has 0 atom stereocenters. The van der Waals surface area contributed by atoms with Gasteiger partial charge < -0.3 is 4.74 Å². The van der Waals surface area contributed by atoms with Crippen LogP contribution >= 0.6 is 0 Å². The largest absolute Gasteiger partial charge is 0.458 e. The fourth-order valence-corrected chi connectivity index (χ4v) is 17.7. The maximum atomic E-state index is 11.2. The van der Waals surface area contributed by atoms with Crippen LogP contribution in [0.25, 0.3) is 94.5 Å². The van der Waals surface area contributed by atoms with Crippen LogP contribution in [0, 0.1) is 6.33 Å². The van der Waals surface area contributed by atoms with Crippen molar-refractivity contribution < 1.29 is 35.3 Å². The molecule has 89 heavy (non-hydrogen) atoms. The number of para-hydroxylation sites is 3. The molecule has 0 unspecified atom stereocenters. The van der Waals surface area contributed by atoms with Gasteiger partial charge in [0.1, 0.15) is 17.3 Å². The zero-order chi connectivity index (χ0) is 76.9. The summed E-state index contributed by atoms with van der Waals surface area (Å²) in [5, 5.41) is -1.65. The molecule has 0 radical (unpaired) electrons. The number of pyridine rings is 1. The molecule has 16 rings (SSSR count). The monoisotopic (exact) mass is 1180 g/mol. The summed E-state index contributed by atoms with van der Waals surface area (Å²) >= 11 is 0. The number of rotatable bonds is 9. The van der Waals surface area contributed by atoms with Crippen molar-refractivity contribution in [3.63, 3.8) is 0 Å². The number of fused-ring (bicyclic) bond motifs is 11. The van der Waals surface area contributed by atoms with E-state index in [1.54, 1.807) is 12.1 Å². The average molecular weight is 1180 g/mol. The van der Waals surface area contributed by atoms with E-state index in [-0.39, 0.29) is 27.5 Å². The van der Waals surface area contributed by atoms with Crippen LogP contribution in [-0.4, -0.2) is 22.2 Å². The predicted octanol–water partition coefficient (Wildman–Crippen LogP) is 17.6. The normalized spacial score (nSPS) is 16.9. The van der Waals surface area contributed by atoms with Gasteiger partial charge in [-0.3, -0.25) is 13.7 Å². The van der Waals surface area contributed by atoms with Crippen molar-refractivity contribution in [1.29, 1.82) is 0 Å². The van der Waals surface area contributed by atoms with Gasteiger partial charge in [-0.1, -0.05) is 254 Å². The number of ether oxygens (including phenoxy) is 1. The summed E-state index contributed by atoms with van der Waals surface area (Å²) < 4.78 is 196. The molecular formula is C83H68N4OSi. The van der Waals surface area contributed by atoms with E-state index < -0.39 is 149 Å². The first-order valence-electron chi connectivity index (χ1n) is 39.2. The molecule has 3 aromatic heterocycles. The maximum absolute atomic E-state index is 11.2. The number of aromatic nitrogens is 4. The van der Waals surface area contributed by atoms with Crippen molar-refractivity contribution >= 4 is 61.7 Å². The van der Waals surface area contributed by atoms with Crippen molar-refractivity contribution in [2.24, 2.45) is 0 Å². The maximum Gasteiger partial charge on any atom is 0.269 e. The van der Waals surface area contributed by atoms with Crippen LogP contribution in [0.4, 0.5) is 0 Å². The SMILES string of the molecule is [2H]c1c([2H])c([2H])c([Si](c2c([2H])c([2H])c([2H])c([2H])c2[2H])(c2c([2H])c([2H])c([2H])c([2H])c2[2H])c2c([2H])c([2H])c([2H])c(-c3cccc4c3-[n+]3[c-]n(-c5cccc(Oc6ccc7c8ccccc8n(-c8cc(C(C)(C)C)ccn8)c7c6)c5)c5cccc(c53)-c3ccccc3-c3cc5c(cc3-4)C(C)(C)CC5(C)C)c2[2H])c([2H])c1[2H]. The van der Waals surface area contributed by atoms with Crippen molar-refractivity contribution in [2.45, 2.75) is 71.1 Å². The molecule has 0 amide bonds. The van der Waals surface area contributed by atoms with E-state index in [0.29, 0.717) is 44.9 Å². The van der Waals surface area contributed by atoms with Gasteiger partial charge in [-0.25, -0.2) is 4.98 Å². The summed E-state index contributed by atoms with van der Waals surface area (Å²) in [6.45, 7) is 15.4. The molecule has 0 N–H and O–H groups in total. The summed E-state index contributed by atoms with van der Waals surface area (Å²) in [4.78, 5) is 4.90. The lowest BCUT2D eigenvalue weighted by Gasteiger charge is -2.34. The van der Waals surface area contributed by atoms with Gasteiger partial charge in [0.05, 0.1) is 59.5 Å².